The largest absolute Gasteiger partial charge is 0.332 e. The number of aromatic nitrogens is 4. The van der Waals surface area contributed by atoms with Crippen molar-refractivity contribution in [3.8, 4) is 23.0 Å². The first-order valence-electron chi connectivity index (χ1n) is 10.5. The molecule has 5 rings (SSSR count). The first kappa shape index (κ1) is 21.1. The quantitative estimate of drug-likeness (QED) is 0.356. The van der Waals surface area contributed by atoms with Crippen molar-refractivity contribution in [1.29, 1.82) is 0 Å². The van der Waals surface area contributed by atoms with Gasteiger partial charge in [0.1, 0.15) is 11.5 Å². The van der Waals surface area contributed by atoms with E-state index in [1.807, 2.05) is 59.2 Å². The third-order valence-electron chi connectivity index (χ3n) is 4.97. The highest BCUT2D eigenvalue weighted by Crippen LogP contribution is 2.22. The molecular weight excluding hydrogens is 435 g/mol. The Morgan fingerprint density at radius 2 is 1.71 bits per heavy atom. The van der Waals surface area contributed by atoms with E-state index >= 15 is 0 Å². The van der Waals surface area contributed by atoms with Crippen LogP contribution in [0.4, 0.5) is 20.6 Å². The predicted octanol–water partition coefficient (Wildman–Crippen LogP) is 5.43. The summed E-state index contributed by atoms with van der Waals surface area (Å²) in [6, 6.07) is 22.4. The van der Waals surface area contributed by atoms with Gasteiger partial charge in [-0.1, -0.05) is 47.6 Å². The number of amides is 2. The van der Waals surface area contributed by atoms with Gasteiger partial charge < -0.3 is 19.7 Å². The van der Waals surface area contributed by atoms with Gasteiger partial charge in [-0.2, -0.15) is 4.98 Å². The molecular formula is C25H19FN6O2. The van der Waals surface area contributed by atoms with E-state index in [4.69, 9.17) is 4.52 Å². The second kappa shape index (κ2) is 9.37. The van der Waals surface area contributed by atoms with Crippen molar-refractivity contribution in [2.24, 2.45) is 0 Å². The third kappa shape index (κ3) is 4.99. The van der Waals surface area contributed by atoms with Crippen molar-refractivity contribution < 1.29 is 13.7 Å². The Bertz CT molecular complexity index is 1410. The maximum absolute atomic E-state index is 13.4. The molecule has 0 atom stereocenters. The second-order valence-electron chi connectivity index (χ2n) is 7.51. The number of hydrogen-bond acceptors (Lipinski definition) is 5. The Labute approximate surface area is 194 Å². The van der Waals surface area contributed by atoms with Gasteiger partial charge in [0.2, 0.25) is 5.82 Å². The summed E-state index contributed by atoms with van der Waals surface area (Å²) in [7, 11) is 0. The highest BCUT2D eigenvalue weighted by atomic mass is 19.1. The number of rotatable bonds is 6. The van der Waals surface area contributed by atoms with E-state index in [-0.39, 0.29) is 17.7 Å². The van der Waals surface area contributed by atoms with Crippen molar-refractivity contribution in [1.82, 2.24) is 19.7 Å². The number of urea groups is 1. The van der Waals surface area contributed by atoms with Crippen LogP contribution in [0.1, 0.15) is 5.56 Å². The number of para-hydroxylation sites is 1. The molecule has 0 spiro atoms. The summed E-state index contributed by atoms with van der Waals surface area (Å²) in [6.45, 7) is 0.564. The maximum atomic E-state index is 13.4. The number of hydrogen-bond donors (Lipinski definition) is 2. The van der Waals surface area contributed by atoms with E-state index in [1.54, 1.807) is 24.7 Å². The van der Waals surface area contributed by atoms with E-state index in [1.165, 1.54) is 12.1 Å². The molecule has 2 N–H and O–H groups in total. The van der Waals surface area contributed by atoms with Crippen LogP contribution < -0.4 is 10.6 Å². The second-order valence-corrected chi connectivity index (χ2v) is 7.51. The zero-order valence-corrected chi connectivity index (χ0v) is 17.9. The highest BCUT2D eigenvalue weighted by Gasteiger charge is 2.13. The van der Waals surface area contributed by atoms with Gasteiger partial charge in [-0.15, -0.1) is 0 Å². The molecule has 5 aromatic rings. The zero-order chi connectivity index (χ0) is 23.3. The Morgan fingerprint density at radius 1 is 0.941 bits per heavy atom. The smallest absolute Gasteiger partial charge is 0.323 e. The van der Waals surface area contributed by atoms with Gasteiger partial charge in [0.05, 0.1) is 6.33 Å². The number of imidazole rings is 1. The maximum Gasteiger partial charge on any atom is 0.323 e. The first-order chi connectivity index (χ1) is 16.6. The van der Waals surface area contributed by atoms with E-state index < -0.39 is 0 Å². The molecule has 0 bridgehead atoms. The van der Waals surface area contributed by atoms with Crippen LogP contribution >= 0.6 is 0 Å². The lowest BCUT2D eigenvalue weighted by molar-refractivity contribution is 0.262. The topological polar surface area (TPSA) is 97.9 Å². The number of nitrogens with zero attached hydrogens (tertiary/aromatic N) is 4. The fourth-order valence-corrected chi connectivity index (χ4v) is 3.35. The molecule has 2 heterocycles. The van der Waals surface area contributed by atoms with Crippen molar-refractivity contribution in [3.63, 3.8) is 0 Å². The first-order valence-corrected chi connectivity index (χ1v) is 10.5. The Morgan fingerprint density at radius 3 is 2.47 bits per heavy atom. The molecule has 0 aliphatic heterocycles. The van der Waals surface area contributed by atoms with Gasteiger partial charge in [-0.25, -0.2) is 14.2 Å². The average Bonchev–Trinajstić information content (AvgIpc) is 3.51. The average molecular weight is 454 g/mol. The van der Waals surface area contributed by atoms with E-state index in [2.05, 4.69) is 25.8 Å². The summed E-state index contributed by atoms with van der Waals surface area (Å²) >= 11 is 0. The standard InChI is InChI=1S/C25H19FN6O2/c26-19-6-4-5-18(13-19)23-30-24(34-31-23)22-15-32(16-27-22)14-17-9-11-21(12-10-17)29-25(33)28-20-7-2-1-3-8-20/h1-13,15-16H,14H2,(H2,28,29,33). The van der Waals surface area contributed by atoms with Crippen LogP contribution in [0, 0.1) is 5.82 Å². The van der Waals surface area contributed by atoms with E-state index in [0.29, 0.717) is 29.3 Å². The van der Waals surface area contributed by atoms with Gasteiger partial charge in [0, 0.05) is 29.7 Å². The molecule has 0 aliphatic carbocycles. The minimum atomic E-state index is -0.369. The van der Waals surface area contributed by atoms with Gasteiger partial charge in [-0.3, -0.25) is 0 Å². The number of halogens is 1. The summed E-state index contributed by atoms with van der Waals surface area (Å²) in [5.41, 5.74) is 3.46. The van der Waals surface area contributed by atoms with Gasteiger partial charge in [-0.05, 0) is 42.0 Å². The fourth-order valence-electron chi connectivity index (χ4n) is 3.35. The minimum absolute atomic E-state index is 0.252. The lowest BCUT2D eigenvalue weighted by atomic mass is 10.2. The molecule has 2 amide bonds. The van der Waals surface area contributed by atoms with Crippen molar-refractivity contribution >= 4 is 17.4 Å². The fraction of sp³-hybridized carbons (Fsp3) is 0.0400. The zero-order valence-electron chi connectivity index (χ0n) is 17.9. The van der Waals surface area contributed by atoms with Crippen LogP contribution in [-0.2, 0) is 6.54 Å². The highest BCUT2D eigenvalue weighted by molar-refractivity contribution is 5.99. The SMILES string of the molecule is O=C(Nc1ccccc1)Nc1ccc(Cn2cnc(-c3nc(-c4cccc(F)c4)no3)c2)cc1. The molecule has 168 valence electrons. The normalized spacial score (nSPS) is 10.7. The molecule has 0 fully saturated rings. The molecule has 0 radical (unpaired) electrons. The summed E-state index contributed by atoms with van der Waals surface area (Å²) in [6.07, 6.45) is 3.46. The Kier molecular flexibility index (Phi) is 5.81. The molecule has 9 heteroatoms. The molecule has 2 aromatic heterocycles. The molecule has 8 nitrogen and oxygen atoms in total. The molecule has 34 heavy (non-hydrogen) atoms. The summed E-state index contributed by atoms with van der Waals surface area (Å²) in [5, 5.41) is 9.50. The minimum Gasteiger partial charge on any atom is -0.332 e. The van der Waals surface area contributed by atoms with Crippen LogP contribution in [-0.4, -0.2) is 25.7 Å². The van der Waals surface area contributed by atoms with Gasteiger partial charge in [0.25, 0.3) is 5.89 Å². The number of carbonyl (C=O) groups excluding carboxylic acids is 1. The lowest BCUT2D eigenvalue weighted by Gasteiger charge is -2.08. The lowest BCUT2D eigenvalue weighted by Crippen LogP contribution is -2.19. The van der Waals surface area contributed by atoms with Crippen LogP contribution in [0.15, 0.2) is 95.9 Å². The molecule has 0 saturated heterocycles. The van der Waals surface area contributed by atoms with Crippen molar-refractivity contribution in [2.45, 2.75) is 6.54 Å². The monoisotopic (exact) mass is 454 g/mol. The number of anilines is 2. The van der Waals surface area contributed by atoms with Crippen LogP contribution in [0.5, 0.6) is 0 Å². The Hall–Kier alpha value is -4.79. The number of nitrogens with one attached hydrogen (secondary N) is 2. The third-order valence-corrected chi connectivity index (χ3v) is 4.97. The van der Waals surface area contributed by atoms with Crippen LogP contribution in [0.2, 0.25) is 0 Å². The Balaban J connectivity index is 1.21. The summed E-state index contributed by atoms with van der Waals surface area (Å²) in [5.74, 6) is 0.177. The van der Waals surface area contributed by atoms with Gasteiger partial charge in [0.15, 0.2) is 0 Å². The number of benzene rings is 3. The van der Waals surface area contributed by atoms with Crippen LogP contribution in [0.25, 0.3) is 23.0 Å². The number of carbonyl (C=O) groups is 1. The van der Waals surface area contributed by atoms with Crippen molar-refractivity contribution in [3.05, 3.63) is 103 Å². The van der Waals surface area contributed by atoms with Gasteiger partial charge >= 0.3 is 6.03 Å². The van der Waals surface area contributed by atoms with Crippen LogP contribution in [0.3, 0.4) is 0 Å². The molecule has 3 aromatic carbocycles. The van der Waals surface area contributed by atoms with E-state index in [0.717, 1.165) is 11.3 Å². The predicted molar refractivity (Wildman–Crippen MR) is 126 cm³/mol. The molecule has 0 saturated carbocycles. The van der Waals surface area contributed by atoms with E-state index in [9.17, 15) is 9.18 Å². The molecule has 0 aliphatic rings. The van der Waals surface area contributed by atoms with Crippen molar-refractivity contribution in [2.75, 3.05) is 10.6 Å². The summed E-state index contributed by atoms with van der Waals surface area (Å²) < 4.78 is 20.6. The summed E-state index contributed by atoms with van der Waals surface area (Å²) in [4.78, 5) is 20.8. The molecule has 0 unspecified atom stereocenters.